The van der Waals surface area contributed by atoms with Crippen molar-refractivity contribution in [2.75, 3.05) is 0 Å². The molecule has 1 atom stereocenters. The van der Waals surface area contributed by atoms with Crippen molar-refractivity contribution in [2.45, 2.75) is 12.5 Å². The Kier molecular flexibility index (Phi) is 4.97. The van der Waals surface area contributed by atoms with Gasteiger partial charge >= 0.3 is 0 Å². The van der Waals surface area contributed by atoms with Crippen molar-refractivity contribution in [3.63, 3.8) is 0 Å². The van der Waals surface area contributed by atoms with Crippen molar-refractivity contribution < 1.29 is 9.90 Å². The largest absolute Gasteiger partial charge is 0.508 e. The van der Waals surface area contributed by atoms with Crippen LogP contribution in [0.4, 0.5) is 0 Å². The molecule has 0 aliphatic heterocycles. The maximum Gasteiger partial charge on any atom is 0.234 e. The summed E-state index contributed by atoms with van der Waals surface area (Å²) in [4.78, 5) is 10.6. The molecule has 0 bridgehead atoms. The Hall–Kier alpha value is -1.26. The first-order chi connectivity index (χ1) is 6.09. The van der Waals surface area contributed by atoms with Gasteiger partial charge in [0.05, 0.1) is 6.04 Å². The molecule has 78 valence electrons. The number of primary amides is 1. The molecule has 5 N–H and O–H groups in total. The van der Waals surface area contributed by atoms with Crippen molar-refractivity contribution in [1.29, 1.82) is 0 Å². The lowest BCUT2D eigenvalue weighted by Crippen LogP contribution is -2.38. The monoisotopic (exact) mass is 216 g/mol. The Bertz CT molecular complexity index is 300. The van der Waals surface area contributed by atoms with Gasteiger partial charge in [-0.25, -0.2) is 0 Å². The van der Waals surface area contributed by atoms with Crippen LogP contribution in [0.15, 0.2) is 24.3 Å². The van der Waals surface area contributed by atoms with Gasteiger partial charge in [-0.1, -0.05) is 12.1 Å². The Morgan fingerprint density at radius 2 is 1.86 bits per heavy atom. The zero-order valence-electron chi connectivity index (χ0n) is 7.51. The van der Waals surface area contributed by atoms with Crippen molar-refractivity contribution in [3.05, 3.63) is 29.8 Å². The van der Waals surface area contributed by atoms with Gasteiger partial charge in [0.1, 0.15) is 5.75 Å². The van der Waals surface area contributed by atoms with Gasteiger partial charge in [-0.2, -0.15) is 0 Å². The predicted molar refractivity (Wildman–Crippen MR) is 56.2 cm³/mol. The summed E-state index contributed by atoms with van der Waals surface area (Å²) in [6.45, 7) is 0. The lowest BCUT2D eigenvalue weighted by Gasteiger charge is -2.06. The fraction of sp³-hybridized carbons (Fsp3) is 0.222. The minimum atomic E-state index is -0.662. The van der Waals surface area contributed by atoms with E-state index in [4.69, 9.17) is 16.6 Å². The maximum atomic E-state index is 10.6. The Morgan fingerprint density at radius 3 is 2.29 bits per heavy atom. The Balaban J connectivity index is 0.00000169. The first-order valence-corrected chi connectivity index (χ1v) is 3.92. The molecular weight excluding hydrogens is 204 g/mol. The number of phenols is 1. The zero-order chi connectivity index (χ0) is 9.84. The average molecular weight is 217 g/mol. The van der Waals surface area contributed by atoms with E-state index in [9.17, 15) is 4.79 Å². The second-order valence-corrected chi connectivity index (χ2v) is 2.88. The molecule has 0 saturated carbocycles. The van der Waals surface area contributed by atoms with Crippen LogP contribution in [0.25, 0.3) is 0 Å². The summed E-state index contributed by atoms with van der Waals surface area (Å²) in [7, 11) is 0. The Morgan fingerprint density at radius 1 is 1.36 bits per heavy atom. The van der Waals surface area contributed by atoms with Crippen LogP contribution < -0.4 is 11.5 Å². The third-order valence-electron chi connectivity index (χ3n) is 1.76. The van der Waals surface area contributed by atoms with E-state index in [-0.39, 0.29) is 18.2 Å². The molecule has 0 aliphatic carbocycles. The summed E-state index contributed by atoms with van der Waals surface area (Å²) >= 11 is 0. The van der Waals surface area contributed by atoms with E-state index in [0.29, 0.717) is 6.42 Å². The molecule has 0 saturated heterocycles. The van der Waals surface area contributed by atoms with E-state index in [1.54, 1.807) is 24.3 Å². The highest BCUT2D eigenvalue weighted by molar-refractivity contribution is 5.85. The zero-order valence-corrected chi connectivity index (χ0v) is 8.33. The van der Waals surface area contributed by atoms with E-state index in [1.165, 1.54) is 0 Å². The van der Waals surface area contributed by atoms with Gasteiger partial charge in [0, 0.05) is 0 Å². The fourth-order valence-electron chi connectivity index (χ4n) is 0.987. The van der Waals surface area contributed by atoms with Crippen LogP contribution >= 0.6 is 12.4 Å². The minimum absolute atomic E-state index is 0. The van der Waals surface area contributed by atoms with Crippen molar-refractivity contribution in [1.82, 2.24) is 0 Å². The minimum Gasteiger partial charge on any atom is -0.508 e. The number of carbonyl (C=O) groups is 1. The van der Waals surface area contributed by atoms with Crippen LogP contribution in [0.1, 0.15) is 5.56 Å². The predicted octanol–water partition coefficient (Wildman–Crippen LogP) is 0.169. The molecule has 0 radical (unpaired) electrons. The van der Waals surface area contributed by atoms with E-state index in [1.807, 2.05) is 0 Å². The van der Waals surface area contributed by atoms with Gasteiger partial charge in [-0.3, -0.25) is 4.79 Å². The van der Waals surface area contributed by atoms with Crippen LogP contribution in [0.2, 0.25) is 0 Å². The van der Waals surface area contributed by atoms with Gasteiger partial charge < -0.3 is 16.6 Å². The summed E-state index contributed by atoms with van der Waals surface area (Å²) in [5.41, 5.74) is 11.3. The molecule has 1 rings (SSSR count). The number of hydrogen-bond acceptors (Lipinski definition) is 3. The molecule has 0 spiro atoms. The number of phenolic OH excluding ortho intramolecular Hbond substituents is 1. The molecule has 1 amide bonds. The number of rotatable bonds is 3. The highest BCUT2D eigenvalue weighted by Gasteiger charge is 2.09. The number of carbonyl (C=O) groups excluding carboxylic acids is 1. The van der Waals surface area contributed by atoms with Crippen LogP contribution in [0, 0.1) is 0 Å². The number of aromatic hydroxyl groups is 1. The molecule has 4 nitrogen and oxygen atoms in total. The van der Waals surface area contributed by atoms with Crippen LogP contribution in [-0.2, 0) is 11.2 Å². The molecular formula is C9H13ClN2O2. The third kappa shape index (κ3) is 3.64. The van der Waals surface area contributed by atoms with Crippen molar-refractivity contribution in [2.24, 2.45) is 11.5 Å². The van der Waals surface area contributed by atoms with Crippen molar-refractivity contribution >= 4 is 18.3 Å². The van der Waals surface area contributed by atoms with E-state index in [0.717, 1.165) is 5.56 Å². The lowest BCUT2D eigenvalue weighted by molar-refractivity contribution is -0.119. The fourth-order valence-corrected chi connectivity index (χ4v) is 0.987. The normalized spacial score (nSPS) is 11.5. The molecule has 1 aromatic carbocycles. The second-order valence-electron chi connectivity index (χ2n) is 2.88. The van der Waals surface area contributed by atoms with Gasteiger partial charge in [-0.15, -0.1) is 12.4 Å². The summed E-state index contributed by atoms with van der Waals surface area (Å²) in [6, 6.07) is 5.84. The average Bonchev–Trinajstić information content (AvgIpc) is 2.08. The summed E-state index contributed by atoms with van der Waals surface area (Å²) in [6.07, 6.45) is 0.398. The maximum absolute atomic E-state index is 10.6. The molecule has 0 unspecified atom stereocenters. The first-order valence-electron chi connectivity index (χ1n) is 3.92. The standard InChI is InChI=1S/C9H12N2O2.ClH/c10-8(9(11)13)5-6-1-3-7(12)4-2-6;/h1-4,8,12H,5,10H2,(H2,11,13);1H/t8-;/m1./s1. The SMILES string of the molecule is Cl.NC(=O)[C@H](N)Cc1ccc(O)cc1. The molecule has 0 aliphatic rings. The number of amides is 1. The topological polar surface area (TPSA) is 89.3 Å². The van der Waals surface area contributed by atoms with E-state index >= 15 is 0 Å². The van der Waals surface area contributed by atoms with Crippen LogP contribution in [0.3, 0.4) is 0 Å². The first kappa shape index (κ1) is 12.7. The molecule has 0 fully saturated rings. The third-order valence-corrected chi connectivity index (χ3v) is 1.76. The van der Waals surface area contributed by atoms with E-state index in [2.05, 4.69) is 0 Å². The number of benzene rings is 1. The lowest BCUT2D eigenvalue weighted by atomic mass is 10.1. The van der Waals surface area contributed by atoms with Crippen LogP contribution in [-0.4, -0.2) is 17.1 Å². The van der Waals surface area contributed by atoms with Crippen LogP contribution in [0.5, 0.6) is 5.75 Å². The smallest absolute Gasteiger partial charge is 0.234 e. The van der Waals surface area contributed by atoms with E-state index < -0.39 is 11.9 Å². The number of halogens is 1. The highest BCUT2D eigenvalue weighted by Crippen LogP contribution is 2.10. The molecule has 0 aromatic heterocycles. The van der Waals surface area contributed by atoms with Gasteiger partial charge in [-0.05, 0) is 24.1 Å². The van der Waals surface area contributed by atoms with Gasteiger partial charge in [0.25, 0.3) is 0 Å². The second kappa shape index (κ2) is 5.47. The summed E-state index contributed by atoms with van der Waals surface area (Å²) in [5.74, 6) is -0.329. The van der Waals surface area contributed by atoms with Gasteiger partial charge in [0.2, 0.25) is 5.91 Å². The van der Waals surface area contributed by atoms with Crippen molar-refractivity contribution in [3.8, 4) is 5.75 Å². The Labute approximate surface area is 88.3 Å². The molecule has 14 heavy (non-hydrogen) atoms. The summed E-state index contributed by atoms with van der Waals surface area (Å²) in [5, 5.41) is 8.98. The number of hydrogen-bond donors (Lipinski definition) is 3. The highest BCUT2D eigenvalue weighted by atomic mass is 35.5. The molecule has 1 aromatic rings. The molecule has 5 heteroatoms. The van der Waals surface area contributed by atoms with Gasteiger partial charge in [0.15, 0.2) is 0 Å². The molecule has 0 heterocycles. The number of nitrogens with two attached hydrogens (primary N) is 2. The summed E-state index contributed by atoms with van der Waals surface area (Å²) < 4.78 is 0. The quantitative estimate of drug-likeness (QED) is 0.673.